The highest BCUT2D eigenvalue weighted by Crippen LogP contribution is 2.30. The summed E-state index contributed by atoms with van der Waals surface area (Å²) in [5.41, 5.74) is 1.31. The lowest BCUT2D eigenvalue weighted by Crippen LogP contribution is -2.41. The number of hydrogen-bond donors (Lipinski definition) is 1. The molecule has 2 aromatic rings. The number of aliphatic hydroxyl groups is 1. The zero-order valence-corrected chi connectivity index (χ0v) is 12.6. The Balaban J connectivity index is 1.93. The Morgan fingerprint density at radius 2 is 1.95 bits per heavy atom. The first kappa shape index (κ1) is 14.4. The number of fused-ring (bicyclic) bond motifs is 1. The van der Waals surface area contributed by atoms with Crippen LogP contribution in [0.3, 0.4) is 0 Å². The van der Waals surface area contributed by atoms with Crippen LogP contribution in [0.15, 0.2) is 36.4 Å². The van der Waals surface area contributed by atoms with E-state index < -0.39 is 0 Å². The topological polar surface area (TPSA) is 32.7 Å². The lowest BCUT2D eigenvalue weighted by molar-refractivity contribution is 0.0844. The first-order valence-electron chi connectivity index (χ1n) is 7.73. The molecule has 0 bridgehead atoms. The molecule has 1 aliphatic heterocycles. The molecule has 0 amide bonds. The van der Waals surface area contributed by atoms with Gasteiger partial charge >= 0.3 is 0 Å². The number of rotatable bonds is 4. The summed E-state index contributed by atoms with van der Waals surface area (Å²) in [4.78, 5) is 2.41. The zero-order valence-electron chi connectivity index (χ0n) is 12.6. The summed E-state index contributed by atoms with van der Waals surface area (Å²) in [6, 6.07) is 12.9. The highest BCUT2D eigenvalue weighted by Gasteiger charge is 2.22. The van der Waals surface area contributed by atoms with Gasteiger partial charge in [0.15, 0.2) is 0 Å². The van der Waals surface area contributed by atoms with Gasteiger partial charge in [-0.25, -0.2) is 0 Å². The highest BCUT2D eigenvalue weighted by atomic mass is 16.5. The van der Waals surface area contributed by atoms with E-state index in [-0.39, 0.29) is 6.61 Å². The summed E-state index contributed by atoms with van der Waals surface area (Å²) in [6.45, 7) is 2.23. The molecule has 3 nitrogen and oxygen atoms in total. The van der Waals surface area contributed by atoms with Crippen LogP contribution in [0.4, 0.5) is 0 Å². The Morgan fingerprint density at radius 1 is 1.14 bits per heavy atom. The fourth-order valence-electron chi connectivity index (χ4n) is 3.34. The quantitative estimate of drug-likeness (QED) is 0.936. The molecule has 1 saturated heterocycles. The summed E-state index contributed by atoms with van der Waals surface area (Å²) in [7, 11) is 1.72. The van der Waals surface area contributed by atoms with Gasteiger partial charge in [0, 0.05) is 18.0 Å². The number of ether oxygens (including phenoxy) is 1. The number of likely N-dealkylation sites (tertiary alicyclic amines) is 1. The Kier molecular flexibility index (Phi) is 4.42. The smallest absolute Gasteiger partial charge is 0.126 e. The lowest BCUT2D eigenvalue weighted by atomic mass is 9.99. The van der Waals surface area contributed by atoms with E-state index in [0.29, 0.717) is 6.04 Å². The first-order chi connectivity index (χ1) is 10.3. The molecule has 3 heteroatoms. The minimum Gasteiger partial charge on any atom is -0.496 e. The van der Waals surface area contributed by atoms with Crippen LogP contribution in [0.5, 0.6) is 5.75 Å². The molecule has 3 rings (SSSR count). The molecule has 112 valence electrons. The second-order valence-electron chi connectivity index (χ2n) is 5.78. The molecular weight excluding hydrogens is 262 g/mol. The van der Waals surface area contributed by atoms with Crippen molar-refractivity contribution in [3.8, 4) is 5.75 Å². The maximum atomic E-state index is 9.57. The molecule has 1 fully saturated rings. The fourth-order valence-corrected chi connectivity index (χ4v) is 3.34. The van der Waals surface area contributed by atoms with Gasteiger partial charge in [0.1, 0.15) is 5.75 Å². The predicted molar refractivity (Wildman–Crippen MR) is 85.6 cm³/mol. The molecule has 0 saturated carbocycles. The second kappa shape index (κ2) is 6.46. The van der Waals surface area contributed by atoms with Gasteiger partial charge in [-0.2, -0.15) is 0 Å². The van der Waals surface area contributed by atoms with Gasteiger partial charge in [0.25, 0.3) is 0 Å². The normalized spacial score (nSPS) is 19.8. The van der Waals surface area contributed by atoms with Crippen LogP contribution in [0.25, 0.3) is 10.8 Å². The number of benzene rings is 2. The molecule has 0 aliphatic carbocycles. The lowest BCUT2D eigenvalue weighted by Gasteiger charge is -2.34. The Labute approximate surface area is 126 Å². The van der Waals surface area contributed by atoms with Crippen molar-refractivity contribution in [2.45, 2.75) is 31.8 Å². The Hall–Kier alpha value is -1.58. The average molecular weight is 285 g/mol. The summed E-state index contributed by atoms with van der Waals surface area (Å²) in [6.07, 6.45) is 3.56. The summed E-state index contributed by atoms with van der Waals surface area (Å²) in [5.74, 6) is 0.923. The van der Waals surface area contributed by atoms with Crippen LogP contribution in [0.1, 0.15) is 24.8 Å². The molecule has 1 heterocycles. The SMILES string of the molecule is COc1ccc(CN2CCCCC2CO)c2ccccc12. The van der Waals surface area contributed by atoms with Gasteiger partial charge in [-0.3, -0.25) is 4.90 Å². The highest BCUT2D eigenvalue weighted by molar-refractivity contribution is 5.91. The number of methoxy groups -OCH3 is 1. The van der Waals surface area contributed by atoms with E-state index in [1.807, 2.05) is 6.07 Å². The zero-order chi connectivity index (χ0) is 14.7. The van der Waals surface area contributed by atoms with Gasteiger partial charge in [0.2, 0.25) is 0 Å². The minimum atomic E-state index is 0.258. The van der Waals surface area contributed by atoms with Crippen molar-refractivity contribution in [2.24, 2.45) is 0 Å². The van der Waals surface area contributed by atoms with E-state index in [1.54, 1.807) is 7.11 Å². The molecule has 2 aromatic carbocycles. The molecule has 0 spiro atoms. The molecule has 0 aromatic heterocycles. The number of aliphatic hydroxyl groups excluding tert-OH is 1. The van der Waals surface area contributed by atoms with Gasteiger partial charge in [0.05, 0.1) is 13.7 Å². The van der Waals surface area contributed by atoms with Gasteiger partial charge < -0.3 is 9.84 Å². The Bertz CT molecular complexity index is 611. The van der Waals surface area contributed by atoms with Crippen molar-refractivity contribution < 1.29 is 9.84 Å². The van der Waals surface area contributed by atoms with Crippen LogP contribution in [-0.2, 0) is 6.54 Å². The third kappa shape index (κ3) is 2.89. The molecule has 1 N–H and O–H groups in total. The van der Waals surface area contributed by atoms with Gasteiger partial charge in [-0.15, -0.1) is 0 Å². The van der Waals surface area contributed by atoms with Crippen molar-refractivity contribution in [1.29, 1.82) is 0 Å². The molecule has 0 radical (unpaired) electrons. The summed E-state index contributed by atoms with van der Waals surface area (Å²) in [5, 5.41) is 12.0. The van der Waals surface area contributed by atoms with E-state index in [0.717, 1.165) is 30.6 Å². The van der Waals surface area contributed by atoms with Crippen molar-refractivity contribution >= 4 is 10.8 Å². The van der Waals surface area contributed by atoms with E-state index in [1.165, 1.54) is 23.8 Å². The maximum Gasteiger partial charge on any atom is 0.126 e. The molecule has 1 unspecified atom stereocenters. The third-order valence-corrected chi connectivity index (χ3v) is 4.53. The van der Waals surface area contributed by atoms with Crippen molar-refractivity contribution in [2.75, 3.05) is 20.3 Å². The number of nitrogens with zero attached hydrogens (tertiary/aromatic N) is 1. The molecular formula is C18H23NO2. The van der Waals surface area contributed by atoms with Crippen LogP contribution < -0.4 is 4.74 Å². The Morgan fingerprint density at radius 3 is 2.71 bits per heavy atom. The van der Waals surface area contributed by atoms with Gasteiger partial charge in [-0.05, 0) is 36.4 Å². The largest absolute Gasteiger partial charge is 0.496 e. The van der Waals surface area contributed by atoms with E-state index in [4.69, 9.17) is 4.74 Å². The minimum absolute atomic E-state index is 0.258. The standard InChI is InChI=1S/C18H23NO2/c1-21-18-10-9-14(16-7-2-3-8-17(16)18)12-19-11-5-4-6-15(19)13-20/h2-3,7-10,15,20H,4-6,11-13H2,1H3. The monoisotopic (exact) mass is 285 g/mol. The maximum absolute atomic E-state index is 9.57. The number of piperidine rings is 1. The van der Waals surface area contributed by atoms with Crippen molar-refractivity contribution in [3.63, 3.8) is 0 Å². The average Bonchev–Trinajstić information content (AvgIpc) is 2.55. The first-order valence-corrected chi connectivity index (χ1v) is 7.73. The fraction of sp³-hybridized carbons (Fsp3) is 0.444. The number of hydrogen-bond acceptors (Lipinski definition) is 3. The molecule has 21 heavy (non-hydrogen) atoms. The van der Waals surface area contributed by atoms with Crippen molar-refractivity contribution in [3.05, 3.63) is 42.0 Å². The van der Waals surface area contributed by atoms with Crippen LogP contribution in [-0.4, -0.2) is 36.3 Å². The summed E-state index contributed by atoms with van der Waals surface area (Å²) < 4.78 is 5.46. The van der Waals surface area contributed by atoms with E-state index in [9.17, 15) is 5.11 Å². The van der Waals surface area contributed by atoms with E-state index in [2.05, 4.69) is 35.2 Å². The predicted octanol–water partition coefficient (Wildman–Crippen LogP) is 3.20. The van der Waals surface area contributed by atoms with Crippen LogP contribution in [0.2, 0.25) is 0 Å². The van der Waals surface area contributed by atoms with E-state index >= 15 is 0 Å². The van der Waals surface area contributed by atoms with Crippen LogP contribution in [0, 0.1) is 0 Å². The van der Waals surface area contributed by atoms with Gasteiger partial charge in [-0.1, -0.05) is 36.8 Å². The third-order valence-electron chi connectivity index (χ3n) is 4.53. The van der Waals surface area contributed by atoms with Crippen LogP contribution >= 0.6 is 0 Å². The molecule has 1 atom stereocenters. The molecule has 1 aliphatic rings. The van der Waals surface area contributed by atoms with Crippen molar-refractivity contribution in [1.82, 2.24) is 4.90 Å². The summed E-state index contributed by atoms with van der Waals surface area (Å²) >= 11 is 0. The second-order valence-corrected chi connectivity index (χ2v) is 5.78.